The summed E-state index contributed by atoms with van der Waals surface area (Å²) in [6.45, 7) is 1.07. The molecule has 0 aliphatic heterocycles. The zero-order valence-electron chi connectivity index (χ0n) is 38.5. The Morgan fingerprint density at radius 1 is 0.373 bits per heavy atom. The summed E-state index contributed by atoms with van der Waals surface area (Å²) in [6, 6.07) is 0. The smallest absolute Gasteiger partial charge is 0.322 e. The maximum atomic E-state index is 12.3. The van der Waals surface area contributed by atoms with E-state index in [1.165, 1.54) is 37.6 Å². The lowest BCUT2D eigenvalue weighted by Gasteiger charge is -2.22. The average molecular weight is 991 g/mol. The number of carbonyl (C=O) groups is 12. The van der Waals surface area contributed by atoms with Crippen LogP contribution in [-0.4, -0.2) is 197 Å². The van der Waals surface area contributed by atoms with Gasteiger partial charge in [-0.25, -0.2) is 0 Å². The number of carbonyl (C=O) groups excluding carboxylic acids is 11. The highest BCUT2D eigenvalue weighted by atomic mass is 32.2. The van der Waals surface area contributed by atoms with Gasteiger partial charge in [0.05, 0.1) is 18.1 Å². The Bertz CT molecular complexity index is 1510. The Labute approximate surface area is 399 Å². The molecule has 25 nitrogen and oxygen atoms in total. The van der Waals surface area contributed by atoms with E-state index in [9.17, 15) is 57.5 Å². The van der Waals surface area contributed by atoms with Crippen LogP contribution in [0.3, 0.4) is 0 Å². The van der Waals surface area contributed by atoms with Crippen molar-refractivity contribution in [2.75, 3.05) is 116 Å². The molecule has 0 aromatic carbocycles. The van der Waals surface area contributed by atoms with E-state index in [2.05, 4.69) is 58.5 Å². The van der Waals surface area contributed by atoms with Crippen molar-refractivity contribution < 1.29 is 62.6 Å². The third-order valence-electron chi connectivity index (χ3n) is 8.77. The number of hydrogen-bond acceptors (Lipinski definition) is 15. The number of carboxylic acids is 1. The number of thioether (sulfide) groups is 2. The number of nitrogens with one attached hydrogen (secondary N) is 11. The molecule has 27 heteroatoms. The van der Waals surface area contributed by atoms with Crippen molar-refractivity contribution in [3.05, 3.63) is 0 Å². The molecule has 11 amide bonds. The molecule has 0 spiro atoms. The third kappa shape index (κ3) is 40.3. The van der Waals surface area contributed by atoms with Gasteiger partial charge in [-0.3, -0.25) is 62.4 Å². The summed E-state index contributed by atoms with van der Waals surface area (Å²) in [5.41, 5.74) is 0. The highest BCUT2D eigenvalue weighted by Crippen LogP contribution is 2.03. The first kappa shape index (κ1) is 61.3. The summed E-state index contributed by atoms with van der Waals surface area (Å²) >= 11 is 2.65. The fourth-order valence-corrected chi connectivity index (χ4v) is 6.78. The highest BCUT2D eigenvalue weighted by molar-refractivity contribution is 8.00. The number of rotatable bonds is 40. The molecule has 0 rings (SSSR count). The second-order valence-corrected chi connectivity index (χ2v) is 16.6. The zero-order chi connectivity index (χ0) is 50.1. The molecular formula is C40H70N12O13S2. The molecule has 0 heterocycles. The van der Waals surface area contributed by atoms with Gasteiger partial charge in [0.1, 0.15) is 6.54 Å². The second-order valence-electron chi connectivity index (χ2n) is 14.4. The maximum absolute atomic E-state index is 12.3. The number of aliphatic carboxylic acids is 1. The first-order chi connectivity index (χ1) is 32.0. The van der Waals surface area contributed by atoms with Crippen LogP contribution in [-0.2, 0) is 57.5 Å². The first-order valence-corrected chi connectivity index (χ1v) is 24.3. The summed E-state index contributed by atoms with van der Waals surface area (Å²) in [4.78, 5) is 144. The Hall–Kier alpha value is -5.70. The van der Waals surface area contributed by atoms with Gasteiger partial charge in [0.15, 0.2) is 0 Å². The molecule has 0 bridgehead atoms. The fourth-order valence-electron chi connectivity index (χ4n) is 5.17. The van der Waals surface area contributed by atoms with Crippen LogP contribution in [0.2, 0.25) is 0 Å². The van der Waals surface area contributed by atoms with Crippen molar-refractivity contribution in [2.45, 2.75) is 64.2 Å². The van der Waals surface area contributed by atoms with Crippen molar-refractivity contribution in [1.82, 2.24) is 63.4 Å². The third-order valence-corrected chi connectivity index (χ3v) is 10.7. The van der Waals surface area contributed by atoms with Gasteiger partial charge in [-0.15, -0.1) is 0 Å². The quantitative estimate of drug-likeness (QED) is 0.0257. The summed E-state index contributed by atoms with van der Waals surface area (Å²) in [6.07, 6.45) is 1.33. The number of carboxylic acid groups (broad SMARTS) is 1. The molecular weight excluding hydrogens is 921 g/mol. The van der Waals surface area contributed by atoms with Crippen molar-refractivity contribution in [3.63, 3.8) is 0 Å². The van der Waals surface area contributed by atoms with Crippen LogP contribution in [0.5, 0.6) is 0 Å². The molecule has 0 saturated carbocycles. The van der Waals surface area contributed by atoms with E-state index in [-0.39, 0.29) is 181 Å². The number of amides is 11. The number of nitrogens with zero attached hydrogens (tertiary/aromatic N) is 1. The Morgan fingerprint density at radius 2 is 0.657 bits per heavy atom. The van der Waals surface area contributed by atoms with Crippen LogP contribution in [0.25, 0.3) is 0 Å². The lowest BCUT2D eigenvalue weighted by Crippen LogP contribution is -2.41. The van der Waals surface area contributed by atoms with Gasteiger partial charge in [0.2, 0.25) is 65.0 Å². The van der Waals surface area contributed by atoms with Crippen molar-refractivity contribution in [1.29, 1.82) is 0 Å². The van der Waals surface area contributed by atoms with Crippen LogP contribution >= 0.6 is 23.5 Å². The topological polar surface area (TPSA) is 361 Å². The van der Waals surface area contributed by atoms with E-state index in [0.29, 0.717) is 37.4 Å². The molecule has 380 valence electrons. The van der Waals surface area contributed by atoms with Crippen LogP contribution < -0.4 is 58.5 Å². The second kappa shape index (κ2) is 40.6. The Kier molecular flexibility index (Phi) is 37.1. The van der Waals surface area contributed by atoms with Crippen LogP contribution in [0, 0.1) is 0 Å². The monoisotopic (exact) mass is 990 g/mol. The predicted octanol–water partition coefficient (Wildman–Crippen LogP) is -4.72. The molecule has 0 aromatic rings. The van der Waals surface area contributed by atoms with E-state index in [4.69, 9.17) is 5.11 Å². The van der Waals surface area contributed by atoms with Crippen molar-refractivity contribution in [2.24, 2.45) is 0 Å². The SMILES string of the molecule is CNC(=O)CSCCC(=O)NCCC(=O)NCCC(=O)NCCC(=O)NCCCN(CCCNC(=O)CCNC(=O)CCNC(=O)CCNC(=O)CCSCC(=O)NC)CC(=O)NCC(=O)O. The van der Waals surface area contributed by atoms with Gasteiger partial charge >= 0.3 is 5.97 Å². The van der Waals surface area contributed by atoms with Crippen molar-refractivity contribution >= 4 is 94.5 Å². The van der Waals surface area contributed by atoms with Gasteiger partial charge in [0, 0.05) is 142 Å². The minimum absolute atomic E-state index is 0.000521. The molecule has 0 fully saturated rings. The van der Waals surface area contributed by atoms with Crippen LogP contribution in [0.1, 0.15) is 64.2 Å². The molecule has 67 heavy (non-hydrogen) atoms. The molecule has 12 N–H and O–H groups in total. The van der Waals surface area contributed by atoms with Gasteiger partial charge in [-0.2, -0.15) is 23.5 Å². The summed E-state index contributed by atoms with van der Waals surface area (Å²) < 4.78 is 0. The van der Waals surface area contributed by atoms with E-state index < -0.39 is 18.4 Å². The van der Waals surface area contributed by atoms with Gasteiger partial charge in [-0.1, -0.05) is 0 Å². The summed E-state index contributed by atoms with van der Waals surface area (Å²) in [5.74, 6) is -3.06. The molecule has 0 saturated heterocycles. The normalized spacial score (nSPS) is 10.4. The lowest BCUT2D eigenvalue weighted by molar-refractivity contribution is -0.138. The van der Waals surface area contributed by atoms with Gasteiger partial charge < -0.3 is 63.6 Å². The zero-order valence-corrected chi connectivity index (χ0v) is 40.1. The Balaban J connectivity index is 4.25. The van der Waals surface area contributed by atoms with E-state index in [1.54, 1.807) is 4.90 Å². The van der Waals surface area contributed by atoms with E-state index >= 15 is 0 Å². The first-order valence-electron chi connectivity index (χ1n) is 22.0. The summed E-state index contributed by atoms with van der Waals surface area (Å²) in [7, 11) is 3.06. The molecule has 0 aliphatic carbocycles. The predicted molar refractivity (Wildman–Crippen MR) is 250 cm³/mol. The summed E-state index contributed by atoms with van der Waals surface area (Å²) in [5, 5.41) is 37.3. The minimum Gasteiger partial charge on any atom is -0.480 e. The largest absolute Gasteiger partial charge is 0.480 e. The molecule has 0 aliphatic rings. The van der Waals surface area contributed by atoms with Gasteiger partial charge in [0.25, 0.3) is 0 Å². The van der Waals surface area contributed by atoms with E-state index in [0.717, 1.165) is 0 Å². The van der Waals surface area contributed by atoms with Gasteiger partial charge in [-0.05, 0) is 12.8 Å². The average Bonchev–Trinajstić information content (AvgIpc) is 3.28. The molecule has 0 radical (unpaired) electrons. The Morgan fingerprint density at radius 3 is 0.940 bits per heavy atom. The minimum atomic E-state index is -1.20. The maximum Gasteiger partial charge on any atom is 0.322 e. The standard InChI is InChI=1S/C40H70N12O13S2/c1-41-38(62)27-66-23-11-35(59)49-19-9-33(57)47-17-7-31(55)45-15-5-29(53)43-13-3-21-52(26-37(61)51-25-40(64)65)22-4-14-44-30(54)6-16-46-32(56)8-18-48-34(58)10-20-50-36(60)12-24-67-28-39(63)42-2/h3-28H2,1-2H3,(H,41,62)(H,42,63)(H,43,53)(H,44,54)(H,45,55)(H,46,56)(H,47,57)(H,48,58)(H,49,59)(H,50,60)(H,51,61)(H,64,65). The van der Waals surface area contributed by atoms with Crippen molar-refractivity contribution in [3.8, 4) is 0 Å². The molecule has 0 unspecified atom stereocenters. The molecule has 0 atom stereocenters. The van der Waals surface area contributed by atoms with E-state index in [1.807, 2.05) is 0 Å². The van der Waals surface area contributed by atoms with Crippen LogP contribution in [0.4, 0.5) is 0 Å². The molecule has 0 aromatic heterocycles. The number of hydrogen-bond donors (Lipinski definition) is 12. The van der Waals surface area contributed by atoms with Crippen LogP contribution in [0.15, 0.2) is 0 Å². The highest BCUT2D eigenvalue weighted by Gasteiger charge is 2.14. The lowest BCUT2D eigenvalue weighted by atomic mass is 10.3. The fraction of sp³-hybridized carbons (Fsp3) is 0.700.